The summed E-state index contributed by atoms with van der Waals surface area (Å²) in [6.45, 7) is 5.99. The summed E-state index contributed by atoms with van der Waals surface area (Å²) in [6, 6.07) is 5.00. The van der Waals surface area contributed by atoms with E-state index in [-0.39, 0.29) is 0 Å². The topological polar surface area (TPSA) is 15.3 Å². The monoisotopic (exact) mass is 224 g/mol. The highest BCUT2D eigenvalue weighted by atomic mass is 32.1. The van der Waals surface area contributed by atoms with Crippen LogP contribution in [0.2, 0.25) is 0 Å². The molecule has 0 aliphatic carbocycles. The summed E-state index contributed by atoms with van der Waals surface area (Å²) in [5.41, 5.74) is 0. The number of thiophene rings is 1. The molecule has 2 heterocycles. The Morgan fingerprint density at radius 1 is 1.67 bits per heavy atom. The van der Waals surface area contributed by atoms with Crippen molar-refractivity contribution in [3.63, 3.8) is 0 Å². The van der Waals surface area contributed by atoms with Crippen LogP contribution in [0.1, 0.15) is 24.3 Å². The average Bonchev–Trinajstić information content (AvgIpc) is 2.87. The predicted octanol–water partition coefficient (Wildman–Crippen LogP) is 2.35. The first-order valence-corrected chi connectivity index (χ1v) is 6.61. The van der Waals surface area contributed by atoms with Gasteiger partial charge in [-0.1, -0.05) is 6.07 Å². The molecular weight excluding hydrogens is 204 g/mol. The smallest absolute Gasteiger partial charge is 0.0413 e. The van der Waals surface area contributed by atoms with Crippen molar-refractivity contribution in [3.8, 4) is 0 Å². The fraction of sp³-hybridized carbons (Fsp3) is 0.667. The van der Waals surface area contributed by atoms with Gasteiger partial charge in [0.05, 0.1) is 0 Å². The Labute approximate surface area is 96.3 Å². The third-order valence-corrected chi connectivity index (χ3v) is 4.36. The molecule has 0 saturated carbocycles. The van der Waals surface area contributed by atoms with E-state index in [2.05, 4.69) is 34.7 Å². The second-order valence-electron chi connectivity index (χ2n) is 4.40. The molecule has 3 heteroatoms. The molecule has 1 aliphatic rings. The molecular formula is C12H20N2S. The first-order chi connectivity index (χ1) is 7.31. The Kier molecular flexibility index (Phi) is 3.78. The molecule has 0 bridgehead atoms. The Hall–Kier alpha value is -0.380. The third-order valence-electron chi connectivity index (χ3n) is 3.31. The molecule has 1 aliphatic heterocycles. The van der Waals surface area contributed by atoms with Gasteiger partial charge in [-0.25, -0.2) is 0 Å². The SMILES string of the molecule is CNCC1CCN(C(C)c2cccs2)C1. The van der Waals surface area contributed by atoms with Crippen molar-refractivity contribution in [1.82, 2.24) is 10.2 Å². The van der Waals surface area contributed by atoms with E-state index in [0.29, 0.717) is 6.04 Å². The lowest BCUT2D eigenvalue weighted by Gasteiger charge is -2.23. The van der Waals surface area contributed by atoms with E-state index in [4.69, 9.17) is 0 Å². The Morgan fingerprint density at radius 2 is 2.53 bits per heavy atom. The van der Waals surface area contributed by atoms with Gasteiger partial charge in [-0.2, -0.15) is 0 Å². The summed E-state index contributed by atoms with van der Waals surface area (Å²) in [7, 11) is 2.05. The van der Waals surface area contributed by atoms with E-state index in [0.717, 1.165) is 12.5 Å². The van der Waals surface area contributed by atoms with Crippen molar-refractivity contribution in [1.29, 1.82) is 0 Å². The van der Waals surface area contributed by atoms with Crippen LogP contribution in [0.3, 0.4) is 0 Å². The number of hydrogen-bond acceptors (Lipinski definition) is 3. The quantitative estimate of drug-likeness (QED) is 0.844. The number of rotatable bonds is 4. The molecule has 1 aromatic rings. The lowest BCUT2D eigenvalue weighted by Crippen LogP contribution is -2.26. The average molecular weight is 224 g/mol. The largest absolute Gasteiger partial charge is 0.319 e. The van der Waals surface area contributed by atoms with Crippen molar-refractivity contribution in [2.24, 2.45) is 5.92 Å². The Bertz CT molecular complexity index is 284. The zero-order chi connectivity index (χ0) is 10.7. The molecule has 2 atom stereocenters. The Balaban J connectivity index is 1.90. The number of hydrogen-bond donors (Lipinski definition) is 1. The van der Waals surface area contributed by atoms with Crippen LogP contribution < -0.4 is 5.32 Å². The van der Waals surface area contributed by atoms with E-state index >= 15 is 0 Å². The molecule has 2 nitrogen and oxygen atoms in total. The van der Waals surface area contributed by atoms with Gasteiger partial charge < -0.3 is 5.32 Å². The van der Waals surface area contributed by atoms with E-state index in [1.54, 1.807) is 0 Å². The van der Waals surface area contributed by atoms with Gasteiger partial charge in [0.25, 0.3) is 0 Å². The van der Waals surface area contributed by atoms with Crippen LogP contribution in [0.15, 0.2) is 17.5 Å². The highest BCUT2D eigenvalue weighted by Crippen LogP contribution is 2.29. The predicted molar refractivity (Wildman–Crippen MR) is 66.3 cm³/mol. The van der Waals surface area contributed by atoms with Gasteiger partial charge in [-0.15, -0.1) is 11.3 Å². The van der Waals surface area contributed by atoms with Gasteiger partial charge >= 0.3 is 0 Å². The molecule has 1 saturated heterocycles. The van der Waals surface area contributed by atoms with Crippen LogP contribution in [0.5, 0.6) is 0 Å². The molecule has 0 aromatic carbocycles. The van der Waals surface area contributed by atoms with Gasteiger partial charge in [-0.05, 0) is 50.8 Å². The van der Waals surface area contributed by atoms with Gasteiger partial charge in [0.2, 0.25) is 0 Å². The third kappa shape index (κ3) is 2.60. The maximum absolute atomic E-state index is 3.28. The molecule has 0 amide bonds. The second kappa shape index (κ2) is 5.10. The first kappa shape index (κ1) is 11.1. The van der Waals surface area contributed by atoms with E-state index in [1.165, 1.54) is 24.4 Å². The Morgan fingerprint density at radius 3 is 3.20 bits per heavy atom. The molecule has 2 unspecified atom stereocenters. The summed E-state index contributed by atoms with van der Waals surface area (Å²) in [5, 5.41) is 5.45. The molecule has 1 aromatic heterocycles. The van der Waals surface area contributed by atoms with Gasteiger partial charge in [0.1, 0.15) is 0 Å². The fourth-order valence-corrected chi connectivity index (χ4v) is 3.20. The summed E-state index contributed by atoms with van der Waals surface area (Å²) in [6.07, 6.45) is 1.34. The van der Waals surface area contributed by atoms with Crippen molar-refractivity contribution in [2.75, 3.05) is 26.7 Å². The minimum absolute atomic E-state index is 0.604. The molecule has 15 heavy (non-hydrogen) atoms. The normalized spacial score (nSPS) is 24.5. The van der Waals surface area contributed by atoms with E-state index < -0.39 is 0 Å². The van der Waals surface area contributed by atoms with Crippen LogP contribution in [0.25, 0.3) is 0 Å². The highest BCUT2D eigenvalue weighted by molar-refractivity contribution is 7.10. The fourth-order valence-electron chi connectivity index (χ4n) is 2.38. The van der Waals surface area contributed by atoms with Crippen molar-refractivity contribution in [2.45, 2.75) is 19.4 Å². The summed E-state index contributed by atoms with van der Waals surface area (Å²) in [4.78, 5) is 4.11. The summed E-state index contributed by atoms with van der Waals surface area (Å²) >= 11 is 1.88. The molecule has 1 N–H and O–H groups in total. The minimum Gasteiger partial charge on any atom is -0.319 e. The number of nitrogens with one attached hydrogen (secondary N) is 1. The summed E-state index contributed by atoms with van der Waals surface area (Å²) in [5.74, 6) is 0.845. The lowest BCUT2D eigenvalue weighted by atomic mass is 10.1. The van der Waals surface area contributed by atoms with Crippen LogP contribution in [0.4, 0.5) is 0 Å². The van der Waals surface area contributed by atoms with Crippen LogP contribution in [-0.2, 0) is 0 Å². The summed E-state index contributed by atoms with van der Waals surface area (Å²) < 4.78 is 0. The highest BCUT2D eigenvalue weighted by Gasteiger charge is 2.26. The first-order valence-electron chi connectivity index (χ1n) is 5.73. The molecule has 84 valence electrons. The van der Waals surface area contributed by atoms with Gasteiger partial charge in [-0.3, -0.25) is 4.90 Å². The standard InChI is InChI=1S/C12H20N2S/c1-10(12-4-3-7-15-12)14-6-5-11(9-14)8-13-2/h3-4,7,10-11,13H,5-6,8-9H2,1-2H3. The molecule has 0 spiro atoms. The maximum atomic E-state index is 3.28. The number of likely N-dealkylation sites (tertiary alicyclic amines) is 1. The van der Waals surface area contributed by atoms with Crippen molar-refractivity contribution < 1.29 is 0 Å². The molecule has 0 radical (unpaired) electrons. The number of nitrogens with zero attached hydrogens (tertiary/aromatic N) is 1. The van der Waals surface area contributed by atoms with Gasteiger partial charge in [0, 0.05) is 17.5 Å². The van der Waals surface area contributed by atoms with E-state index in [9.17, 15) is 0 Å². The van der Waals surface area contributed by atoms with Crippen LogP contribution in [-0.4, -0.2) is 31.6 Å². The van der Waals surface area contributed by atoms with Crippen molar-refractivity contribution in [3.05, 3.63) is 22.4 Å². The molecule has 2 rings (SSSR count). The van der Waals surface area contributed by atoms with E-state index in [1.807, 2.05) is 18.4 Å². The van der Waals surface area contributed by atoms with Crippen molar-refractivity contribution >= 4 is 11.3 Å². The second-order valence-corrected chi connectivity index (χ2v) is 5.38. The van der Waals surface area contributed by atoms with Crippen LogP contribution >= 0.6 is 11.3 Å². The minimum atomic E-state index is 0.604. The lowest BCUT2D eigenvalue weighted by molar-refractivity contribution is 0.255. The van der Waals surface area contributed by atoms with Gasteiger partial charge in [0.15, 0.2) is 0 Å². The van der Waals surface area contributed by atoms with Crippen LogP contribution in [0, 0.1) is 5.92 Å². The maximum Gasteiger partial charge on any atom is 0.0413 e. The zero-order valence-corrected chi connectivity index (χ0v) is 10.4. The molecule has 1 fully saturated rings. The zero-order valence-electron chi connectivity index (χ0n) is 9.57.